The van der Waals surface area contributed by atoms with E-state index in [2.05, 4.69) is 16.0 Å². The molecule has 2 aromatic carbocycles. The Kier molecular flexibility index (Phi) is 10.6. The van der Waals surface area contributed by atoms with Crippen LogP contribution in [0.3, 0.4) is 0 Å². The third-order valence-electron chi connectivity index (χ3n) is 5.33. The molecule has 3 amide bonds. The molecule has 12 nitrogen and oxygen atoms in total. The first kappa shape index (κ1) is 28.8. The topological polar surface area (TPSA) is 208 Å². The number of amides is 3. The summed E-state index contributed by atoms with van der Waals surface area (Å²) in [7, 11) is 0. The highest BCUT2D eigenvalue weighted by Crippen LogP contribution is 2.12. The lowest BCUT2D eigenvalue weighted by atomic mass is 10.0. The van der Waals surface area contributed by atoms with Gasteiger partial charge in [0.05, 0.1) is 12.5 Å². The molecule has 12 heteroatoms. The van der Waals surface area contributed by atoms with Gasteiger partial charge in [0.25, 0.3) is 0 Å². The maximum atomic E-state index is 13.1. The number of aromatic hydroxyl groups is 1. The van der Waals surface area contributed by atoms with Crippen molar-refractivity contribution in [2.24, 2.45) is 5.73 Å². The van der Waals surface area contributed by atoms with E-state index >= 15 is 0 Å². The van der Waals surface area contributed by atoms with Crippen LogP contribution in [0.1, 0.15) is 24.5 Å². The van der Waals surface area contributed by atoms with Gasteiger partial charge >= 0.3 is 11.9 Å². The van der Waals surface area contributed by atoms with Crippen molar-refractivity contribution in [3.8, 4) is 5.75 Å². The summed E-state index contributed by atoms with van der Waals surface area (Å²) in [5.41, 5.74) is 6.77. The predicted molar refractivity (Wildman–Crippen MR) is 131 cm³/mol. The highest BCUT2D eigenvalue weighted by atomic mass is 16.4. The Balaban J connectivity index is 2.20. The van der Waals surface area contributed by atoms with Crippen molar-refractivity contribution in [2.45, 2.75) is 50.4 Å². The van der Waals surface area contributed by atoms with Crippen molar-refractivity contribution in [3.05, 3.63) is 65.7 Å². The van der Waals surface area contributed by atoms with E-state index in [9.17, 15) is 39.3 Å². The first-order valence-corrected chi connectivity index (χ1v) is 11.4. The number of carbonyl (C=O) groups excluding carboxylic acids is 3. The summed E-state index contributed by atoms with van der Waals surface area (Å²) >= 11 is 0. The summed E-state index contributed by atoms with van der Waals surface area (Å²) in [4.78, 5) is 61.3. The molecule has 0 aliphatic rings. The van der Waals surface area contributed by atoms with Crippen LogP contribution in [0, 0.1) is 0 Å². The van der Waals surface area contributed by atoms with Crippen molar-refractivity contribution < 1.29 is 39.3 Å². The molecule has 0 saturated carbocycles. The van der Waals surface area contributed by atoms with E-state index in [1.165, 1.54) is 31.2 Å². The van der Waals surface area contributed by atoms with Gasteiger partial charge in [0.15, 0.2) is 0 Å². The van der Waals surface area contributed by atoms with E-state index in [0.29, 0.717) is 11.1 Å². The zero-order chi connectivity index (χ0) is 27.5. The number of phenolic OH excluding ortho intramolecular Hbond substituents is 1. The molecule has 0 radical (unpaired) electrons. The second kappa shape index (κ2) is 13.6. The molecule has 4 atom stereocenters. The number of nitrogens with one attached hydrogen (secondary N) is 3. The lowest BCUT2D eigenvalue weighted by Crippen LogP contribution is -2.58. The monoisotopic (exact) mass is 514 g/mol. The standard InChI is InChI=1S/C25H30N4O8/c1-14(26)22(33)27-18(11-15-5-3-2-4-6-15)23(34)28-19(13-21(31)32)24(35)29-20(25(36)37)12-16-7-9-17(30)10-8-16/h2-10,14,18-20,30H,11-13,26H2,1H3,(H,27,33)(H,28,34)(H,29,35)(H,31,32)(H,36,37). The summed E-state index contributed by atoms with van der Waals surface area (Å²) in [5, 5.41) is 35.3. The number of hydrogen-bond donors (Lipinski definition) is 7. The third kappa shape index (κ3) is 9.61. The van der Waals surface area contributed by atoms with Crippen LogP contribution in [0.2, 0.25) is 0 Å². The molecule has 2 rings (SSSR count). The molecule has 0 spiro atoms. The Morgan fingerprint density at radius 2 is 1.22 bits per heavy atom. The summed E-state index contributed by atoms with van der Waals surface area (Å²) in [6, 6.07) is 9.16. The normalized spacial score (nSPS) is 13.9. The second-order valence-corrected chi connectivity index (χ2v) is 8.47. The highest BCUT2D eigenvalue weighted by Gasteiger charge is 2.31. The Hall–Kier alpha value is -4.45. The Morgan fingerprint density at radius 3 is 1.76 bits per heavy atom. The average molecular weight is 515 g/mol. The zero-order valence-electron chi connectivity index (χ0n) is 20.1. The van der Waals surface area contributed by atoms with Crippen LogP contribution in [0.25, 0.3) is 0 Å². The van der Waals surface area contributed by atoms with E-state index in [0.717, 1.165) is 0 Å². The number of hydrogen-bond acceptors (Lipinski definition) is 7. The van der Waals surface area contributed by atoms with Crippen molar-refractivity contribution in [1.29, 1.82) is 0 Å². The molecule has 0 aliphatic heterocycles. The number of carbonyl (C=O) groups is 5. The number of aliphatic carboxylic acids is 2. The molecule has 0 aromatic heterocycles. The van der Waals surface area contributed by atoms with Crippen molar-refractivity contribution in [3.63, 3.8) is 0 Å². The highest BCUT2D eigenvalue weighted by molar-refractivity contribution is 5.95. The Morgan fingerprint density at radius 1 is 0.730 bits per heavy atom. The molecule has 2 aromatic rings. The third-order valence-corrected chi connectivity index (χ3v) is 5.33. The average Bonchev–Trinajstić information content (AvgIpc) is 2.84. The van der Waals surface area contributed by atoms with E-state index in [1.54, 1.807) is 30.3 Å². The number of benzene rings is 2. The van der Waals surface area contributed by atoms with Crippen molar-refractivity contribution in [1.82, 2.24) is 16.0 Å². The van der Waals surface area contributed by atoms with E-state index in [-0.39, 0.29) is 18.6 Å². The number of carboxylic acid groups (broad SMARTS) is 2. The molecular formula is C25H30N4O8. The first-order valence-electron chi connectivity index (χ1n) is 11.4. The van der Waals surface area contributed by atoms with Gasteiger partial charge in [-0.1, -0.05) is 42.5 Å². The van der Waals surface area contributed by atoms with Crippen molar-refractivity contribution >= 4 is 29.7 Å². The molecule has 37 heavy (non-hydrogen) atoms. The fourth-order valence-corrected chi connectivity index (χ4v) is 3.36. The molecule has 0 saturated heterocycles. The molecular weight excluding hydrogens is 484 g/mol. The maximum absolute atomic E-state index is 13.1. The van der Waals surface area contributed by atoms with E-state index < -0.39 is 60.2 Å². The number of rotatable bonds is 13. The van der Waals surface area contributed by atoms with Crippen molar-refractivity contribution in [2.75, 3.05) is 0 Å². The Bertz CT molecular complexity index is 1110. The lowest BCUT2D eigenvalue weighted by molar-refractivity contribution is -0.143. The smallest absolute Gasteiger partial charge is 0.326 e. The quantitative estimate of drug-likeness (QED) is 0.184. The van der Waals surface area contributed by atoms with Gasteiger partial charge in [0, 0.05) is 12.8 Å². The van der Waals surface area contributed by atoms with E-state index in [1.807, 2.05) is 0 Å². The fraction of sp³-hybridized carbons (Fsp3) is 0.320. The molecule has 0 bridgehead atoms. The minimum Gasteiger partial charge on any atom is -0.508 e. The summed E-state index contributed by atoms with van der Waals surface area (Å²) in [6.45, 7) is 1.42. The van der Waals surface area contributed by atoms with Gasteiger partial charge in [0.1, 0.15) is 23.9 Å². The number of nitrogens with two attached hydrogens (primary N) is 1. The van der Waals surface area contributed by atoms with Gasteiger partial charge < -0.3 is 37.0 Å². The van der Waals surface area contributed by atoms with Crippen LogP contribution in [0.4, 0.5) is 0 Å². The zero-order valence-corrected chi connectivity index (χ0v) is 20.1. The van der Waals surface area contributed by atoms with E-state index in [4.69, 9.17) is 5.73 Å². The van der Waals surface area contributed by atoms with Crippen LogP contribution in [-0.4, -0.2) is 69.1 Å². The summed E-state index contributed by atoms with van der Waals surface area (Å²) in [5.74, 6) is -5.32. The van der Waals surface area contributed by atoms with Crippen LogP contribution in [0.5, 0.6) is 5.75 Å². The van der Waals surface area contributed by atoms with Crippen LogP contribution in [-0.2, 0) is 36.8 Å². The lowest BCUT2D eigenvalue weighted by Gasteiger charge is -2.24. The second-order valence-electron chi connectivity index (χ2n) is 8.47. The van der Waals surface area contributed by atoms with Crippen LogP contribution < -0.4 is 21.7 Å². The number of phenols is 1. The SMILES string of the molecule is CC(N)C(=O)NC(Cc1ccccc1)C(=O)NC(CC(=O)O)C(=O)NC(Cc1ccc(O)cc1)C(=O)O. The van der Waals surface area contributed by atoms with Gasteiger partial charge in [-0.15, -0.1) is 0 Å². The maximum Gasteiger partial charge on any atom is 0.326 e. The first-order chi connectivity index (χ1) is 17.5. The van der Waals surface area contributed by atoms with Gasteiger partial charge in [-0.25, -0.2) is 4.79 Å². The molecule has 8 N–H and O–H groups in total. The summed E-state index contributed by atoms with van der Waals surface area (Å²) < 4.78 is 0. The molecule has 0 aliphatic carbocycles. The molecule has 4 unspecified atom stereocenters. The molecule has 0 heterocycles. The molecule has 0 fully saturated rings. The van der Waals surface area contributed by atoms with Crippen LogP contribution >= 0.6 is 0 Å². The predicted octanol–water partition coefficient (Wildman–Crippen LogP) is -0.462. The Labute approximate surface area is 212 Å². The minimum atomic E-state index is -1.63. The van der Waals surface area contributed by atoms with Gasteiger partial charge in [-0.3, -0.25) is 19.2 Å². The minimum absolute atomic E-state index is 0.0231. The van der Waals surface area contributed by atoms with Gasteiger partial charge in [0.2, 0.25) is 17.7 Å². The molecule has 198 valence electrons. The largest absolute Gasteiger partial charge is 0.508 e. The fourth-order valence-electron chi connectivity index (χ4n) is 3.36. The number of carboxylic acids is 2. The summed E-state index contributed by atoms with van der Waals surface area (Å²) in [6.07, 6.45) is -0.955. The van der Waals surface area contributed by atoms with Crippen LogP contribution in [0.15, 0.2) is 54.6 Å². The van der Waals surface area contributed by atoms with Gasteiger partial charge in [-0.05, 0) is 30.2 Å². The van der Waals surface area contributed by atoms with Gasteiger partial charge in [-0.2, -0.15) is 0 Å².